The van der Waals surface area contributed by atoms with Gasteiger partial charge in [0.15, 0.2) is 0 Å². The van der Waals surface area contributed by atoms with E-state index >= 15 is 4.79 Å². The topological polar surface area (TPSA) is 132 Å². The normalized spacial score (nSPS) is 23.8. The third-order valence-corrected chi connectivity index (χ3v) is 13.5. The number of nitrogens with zero attached hydrogens (tertiary/aromatic N) is 3. The Labute approximate surface area is 383 Å². The molecule has 4 aromatic carbocycles. The maximum atomic E-state index is 15.1. The first-order valence-electron chi connectivity index (χ1n) is 23.5. The molecule has 8 rings (SSSR count). The predicted octanol–water partition coefficient (Wildman–Crippen LogP) is 8.65. The number of carbonyl (C=O) groups excluding carboxylic acids is 1. The van der Waals surface area contributed by atoms with Gasteiger partial charge in [0.2, 0.25) is 5.79 Å². The van der Waals surface area contributed by atoms with Crippen molar-refractivity contribution in [3.63, 3.8) is 0 Å². The van der Waals surface area contributed by atoms with E-state index in [0.717, 1.165) is 84.1 Å². The van der Waals surface area contributed by atoms with Crippen LogP contribution < -0.4 is 9.47 Å². The molecule has 0 aromatic heterocycles. The van der Waals surface area contributed by atoms with Crippen molar-refractivity contribution in [1.29, 1.82) is 0 Å². The summed E-state index contributed by atoms with van der Waals surface area (Å²) < 4.78 is 33.2. The third kappa shape index (κ3) is 10.7. The van der Waals surface area contributed by atoms with Crippen LogP contribution in [-0.2, 0) is 32.2 Å². The maximum Gasteiger partial charge on any atom is 0.410 e. The Morgan fingerprint density at radius 3 is 2.51 bits per heavy atom. The first kappa shape index (κ1) is 46.3. The van der Waals surface area contributed by atoms with E-state index in [1.54, 1.807) is 18.1 Å². The number of hydrogen-bond donors (Lipinski definition) is 2. The molecule has 0 bridgehead atoms. The second kappa shape index (κ2) is 22.3. The lowest BCUT2D eigenvalue weighted by atomic mass is 9.55. The molecule has 0 radical (unpaired) electrons. The Hall–Kier alpha value is -5.24. The fourth-order valence-electron chi connectivity index (χ4n) is 10.4. The molecule has 1 saturated carbocycles. The van der Waals surface area contributed by atoms with Crippen LogP contribution in [0, 0.1) is 17.8 Å². The molecule has 65 heavy (non-hydrogen) atoms. The van der Waals surface area contributed by atoms with Gasteiger partial charge >= 0.3 is 6.09 Å². The highest BCUT2D eigenvalue weighted by atomic mass is 16.7. The predicted molar refractivity (Wildman–Crippen MR) is 251 cm³/mol. The van der Waals surface area contributed by atoms with Gasteiger partial charge in [-0.15, -0.1) is 6.58 Å². The molecule has 6 atom stereocenters. The van der Waals surface area contributed by atoms with Crippen molar-refractivity contribution >= 4 is 22.6 Å². The van der Waals surface area contributed by atoms with E-state index in [1.807, 2.05) is 60.7 Å². The van der Waals surface area contributed by atoms with Crippen LogP contribution in [0.3, 0.4) is 0 Å². The molecular formula is C53H65N3O9. The zero-order chi connectivity index (χ0) is 45.0. The summed E-state index contributed by atoms with van der Waals surface area (Å²) in [6.45, 7) is 8.92. The molecule has 2 N–H and O–H groups in total. The SMILES string of the molecule is C=CCO[C@@]12Oc3ccc(OCCN4CC4)cc3[C@H]3[C@H](CCCCO)[C@@H](CCCCO)C=C(C(=NOC)C[C@@H]1N(Cc1cccc4ccccc14)C(=O)OCCOCc1ccccc1)[C@H]32. The lowest BCUT2D eigenvalue weighted by molar-refractivity contribution is -0.256. The van der Waals surface area contributed by atoms with Crippen molar-refractivity contribution in [2.24, 2.45) is 22.9 Å². The minimum atomic E-state index is -1.44. The van der Waals surface area contributed by atoms with Gasteiger partial charge in [0, 0.05) is 50.8 Å². The number of amides is 1. The maximum absolute atomic E-state index is 15.1. The first-order chi connectivity index (χ1) is 32.0. The lowest BCUT2D eigenvalue weighted by Gasteiger charge is -2.59. The molecule has 4 aromatic rings. The van der Waals surface area contributed by atoms with Gasteiger partial charge in [0.25, 0.3) is 0 Å². The highest BCUT2D eigenvalue weighted by Crippen LogP contribution is 2.62. The molecule has 0 unspecified atom stereocenters. The monoisotopic (exact) mass is 887 g/mol. The summed E-state index contributed by atoms with van der Waals surface area (Å²) in [4.78, 5) is 24.8. The molecule has 0 spiro atoms. The average Bonchev–Trinajstić information content (AvgIpc) is 4.16. The van der Waals surface area contributed by atoms with Crippen molar-refractivity contribution < 1.29 is 43.5 Å². The van der Waals surface area contributed by atoms with Gasteiger partial charge in [0.05, 0.1) is 38.0 Å². The van der Waals surface area contributed by atoms with Crippen molar-refractivity contribution in [3.05, 3.63) is 132 Å². The van der Waals surface area contributed by atoms with Gasteiger partial charge < -0.3 is 38.7 Å². The molecule has 2 aliphatic carbocycles. The number of oxime groups is 1. The van der Waals surface area contributed by atoms with Crippen molar-refractivity contribution in [3.8, 4) is 11.5 Å². The van der Waals surface area contributed by atoms with Crippen LogP contribution in [0.1, 0.15) is 67.6 Å². The minimum absolute atomic E-state index is 0.0356. The Morgan fingerprint density at radius 2 is 1.72 bits per heavy atom. The number of unbranched alkanes of at least 4 members (excludes halogenated alkanes) is 2. The molecule has 2 aliphatic heterocycles. The highest BCUT2D eigenvalue weighted by Gasteiger charge is 2.65. The summed E-state index contributed by atoms with van der Waals surface area (Å²) in [6.07, 6.45) is 8.51. The standard InChI is InChI=1S/C53H65N3O9/c1-3-29-64-53-49(56(36-41-19-13-18-39-16-7-8-20-43(39)41)52(59)63-32-31-61-37-38-14-5-4-6-15-38)35-47(54-60-2)45-33-40(17-9-11-27-57)44(21-10-12-28-58)50(51(45)53)46-34-42(22-23-48(46)65-53)62-30-26-55-24-25-55/h3-8,13-16,18-20,22-23,33-34,40,44,49-51,57-58H,1,9-12,17,21,24-32,35-37H2,2H3/t40-,44+,49-,50+,51+,53+/m0/s1. The van der Waals surface area contributed by atoms with Gasteiger partial charge in [-0.2, -0.15) is 0 Å². The number of ether oxygens (including phenoxy) is 5. The van der Waals surface area contributed by atoms with Crippen LogP contribution in [-0.4, -0.2) is 110 Å². The van der Waals surface area contributed by atoms with Crippen LogP contribution >= 0.6 is 0 Å². The molecule has 1 amide bonds. The Kier molecular flexibility index (Phi) is 15.9. The van der Waals surface area contributed by atoms with E-state index in [9.17, 15) is 10.2 Å². The van der Waals surface area contributed by atoms with E-state index in [2.05, 4.69) is 47.9 Å². The summed E-state index contributed by atoms with van der Waals surface area (Å²) in [6, 6.07) is 29.6. The van der Waals surface area contributed by atoms with Crippen LogP contribution in [0.2, 0.25) is 0 Å². The summed E-state index contributed by atoms with van der Waals surface area (Å²) >= 11 is 0. The molecule has 4 aliphatic rings. The van der Waals surface area contributed by atoms with Crippen LogP contribution in [0.4, 0.5) is 4.79 Å². The molecule has 12 heteroatoms. The quantitative estimate of drug-likeness (QED) is 0.0305. The number of carbonyl (C=O) groups is 1. The van der Waals surface area contributed by atoms with Gasteiger partial charge in [-0.3, -0.25) is 9.80 Å². The Bertz CT molecular complexity index is 2260. The zero-order valence-corrected chi connectivity index (χ0v) is 37.7. The van der Waals surface area contributed by atoms with E-state index in [0.29, 0.717) is 37.5 Å². The molecule has 2 fully saturated rings. The largest absolute Gasteiger partial charge is 0.492 e. The van der Waals surface area contributed by atoms with Gasteiger partial charge in [-0.25, -0.2) is 4.79 Å². The van der Waals surface area contributed by atoms with Crippen molar-refractivity contribution in [2.45, 2.75) is 75.8 Å². The van der Waals surface area contributed by atoms with E-state index in [4.69, 9.17) is 33.7 Å². The summed E-state index contributed by atoms with van der Waals surface area (Å²) in [7, 11) is 1.56. The Balaban J connectivity index is 1.25. The number of aliphatic hydroxyl groups excluding tert-OH is 2. The summed E-state index contributed by atoms with van der Waals surface area (Å²) in [5.74, 6) is -0.447. The fraction of sp³-hybridized carbons (Fsp3) is 0.472. The average molecular weight is 888 g/mol. The van der Waals surface area contributed by atoms with Gasteiger partial charge in [-0.1, -0.05) is 103 Å². The first-order valence-corrected chi connectivity index (χ1v) is 23.5. The second-order valence-corrected chi connectivity index (χ2v) is 17.6. The van der Waals surface area contributed by atoms with E-state index in [-0.39, 0.29) is 63.8 Å². The number of rotatable bonds is 24. The number of allylic oxidation sites excluding steroid dienone is 1. The van der Waals surface area contributed by atoms with Crippen molar-refractivity contribution in [2.75, 3.05) is 66.4 Å². The van der Waals surface area contributed by atoms with Gasteiger partial charge in [0.1, 0.15) is 37.9 Å². The smallest absolute Gasteiger partial charge is 0.410 e. The third-order valence-electron chi connectivity index (χ3n) is 13.5. The number of aliphatic hydroxyl groups is 2. The van der Waals surface area contributed by atoms with E-state index < -0.39 is 23.8 Å². The summed E-state index contributed by atoms with van der Waals surface area (Å²) in [5, 5.41) is 26.8. The minimum Gasteiger partial charge on any atom is -0.492 e. The Morgan fingerprint density at radius 1 is 0.938 bits per heavy atom. The molecule has 346 valence electrons. The second-order valence-electron chi connectivity index (χ2n) is 17.6. The molecule has 2 heterocycles. The number of benzene rings is 4. The van der Waals surface area contributed by atoms with Crippen molar-refractivity contribution in [1.82, 2.24) is 9.80 Å². The van der Waals surface area contributed by atoms with Crippen LogP contribution in [0.15, 0.2) is 120 Å². The molecule has 12 nitrogen and oxygen atoms in total. The fourth-order valence-corrected chi connectivity index (χ4v) is 10.4. The summed E-state index contributed by atoms with van der Waals surface area (Å²) in [5.41, 5.74) is 4.67. The molecular weight excluding hydrogens is 823 g/mol. The lowest BCUT2D eigenvalue weighted by Crippen LogP contribution is -2.70. The highest BCUT2D eigenvalue weighted by molar-refractivity contribution is 6.03. The van der Waals surface area contributed by atoms with Crippen LogP contribution in [0.25, 0.3) is 10.8 Å². The molecule has 1 saturated heterocycles. The van der Waals surface area contributed by atoms with Gasteiger partial charge in [-0.05, 0) is 83.2 Å². The number of hydrogen-bond acceptors (Lipinski definition) is 11. The van der Waals surface area contributed by atoms with E-state index in [1.165, 1.54) is 0 Å². The zero-order valence-electron chi connectivity index (χ0n) is 37.7. The van der Waals surface area contributed by atoms with Crippen LogP contribution in [0.5, 0.6) is 11.5 Å². The number of fused-ring (bicyclic) bond motifs is 3.